The van der Waals surface area contributed by atoms with E-state index in [-0.39, 0.29) is 12.2 Å². The van der Waals surface area contributed by atoms with Crippen molar-refractivity contribution in [3.8, 4) is 5.82 Å². The van der Waals surface area contributed by atoms with Gasteiger partial charge in [-0.15, -0.1) is 11.3 Å². The average Bonchev–Trinajstić information content (AvgIpc) is 3.43. The van der Waals surface area contributed by atoms with E-state index in [1.807, 2.05) is 39.0 Å². The number of hydrogen-bond acceptors (Lipinski definition) is 8. The van der Waals surface area contributed by atoms with Crippen LogP contribution in [0.3, 0.4) is 0 Å². The normalized spacial score (nSPS) is 16.6. The molecule has 0 radical (unpaired) electrons. The summed E-state index contributed by atoms with van der Waals surface area (Å²) in [6.45, 7) is 7.50. The van der Waals surface area contributed by atoms with Crippen LogP contribution in [-0.2, 0) is 33.3 Å². The third kappa shape index (κ3) is 6.80. The van der Waals surface area contributed by atoms with Gasteiger partial charge in [0.1, 0.15) is 20.5 Å². The average molecular weight is 520 g/mol. The van der Waals surface area contributed by atoms with Gasteiger partial charge in [-0.2, -0.15) is 13.9 Å². The summed E-state index contributed by atoms with van der Waals surface area (Å²) in [6.07, 6.45) is 6.70. The number of carbonyl (C=O) groups is 1. The molecule has 0 aliphatic carbocycles. The summed E-state index contributed by atoms with van der Waals surface area (Å²) in [5, 5.41) is 8.49. The van der Waals surface area contributed by atoms with Crippen LogP contribution in [0.2, 0.25) is 0 Å². The zero-order chi connectivity index (χ0) is 26.1. The monoisotopic (exact) mass is 519 g/mol. The van der Waals surface area contributed by atoms with E-state index < -0.39 is 12.5 Å². The highest BCUT2D eigenvalue weighted by molar-refractivity contribution is 7.12. The first-order valence-electron chi connectivity index (χ1n) is 11.5. The van der Waals surface area contributed by atoms with E-state index in [0.29, 0.717) is 25.3 Å². The van der Waals surface area contributed by atoms with Crippen LogP contribution < -0.4 is 0 Å². The summed E-state index contributed by atoms with van der Waals surface area (Å²) in [7, 11) is 1.49. The van der Waals surface area contributed by atoms with Crippen molar-refractivity contribution < 1.29 is 23.1 Å². The van der Waals surface area contributed by atoms with Crippen LogP contribution in [0.5, 0.6) is 0 Å². The molecular weight excluding hydrogens is 488 g/mol. The number of aryl methyl sites for hydroxylation is 3. The number of pyridine rings is 1. The van der Waals surface area contributed by atoms with Crippen LogP contribution in [0.15, 0.2) is 35.7 Å². The molecule has 0 amide bonds. The second-order valence-electron chi connectivity index (χ2n) is 8.35. The Kier molecular flexibility index (Phi) is 9.80. The van der Waals surface area contributed by atoms with Crippen molar-refractivity contribution in [3.63, 3.8) is 0 Å². The van der Waals surface area contributed by atoms with E-state index in [0.717, 1.165) is 39.5 Å². The molecule has 0 atom stereocenters. The Morgan fingerprint density at radius 2 is 2.14 bits per heavy atom. The van der Waals surface area contributed by atoms with Crippen LogP contribution >= 0.6 is 11.3 Å². The van der Waals surface area contributed by atoms with Gasteiger partial charge in [0, 0.05) is 51.9 Å². The minimum absolute atomic E-state index is 0.128. The van der Waals surface area contributed by atoms with Gasteiger partial charge in [0.2, 0.25) is 0 Å². The highest BCUT2D eigenvalue weighted by Gasteiger charge is 2.36. The van der Waals surface area contributed by atoms with E-state index in [1.165, 1.54) is 18.4 Å². The van der Waals surface area contributed by atoms with Gasteiger partial charge in [0.25, 0.3) is 5.92 Å². The number of oxime groups is 1. The number of thiophene rings is 1. The van der Waals surface area contributed by atoms with Crippen LogP contribution in [0, 0.1) is 13.8 Å². The molecular formula is C25H31F2N5O3S. The molecule has 3 aromatic rings. The summed E-state index contributed by atoms with van der Waals surface area (Å²) >= 11 is 1.46. The first-order chi connectivity index (χ1) is 17.4. The minimum atomic E-state index is -2.96. The predicted octanol–water partition coefficient (Wildman–Crippen LogP) is 4.30. The Labute approximate surface area is 213 Å². The number of fused-ring (bicyclic) bond motifs is 1. The molecule has 4 rings (SSSR count). The van der Waals surface area contributed by atoms with E-state index in [2.05, 4.69) is 20.1 Å². The summed E-state index contributed by atoms with van der Waals surface area (Å²) in [5.41, 5.74) is 2.85. The first-order valence-corrected chi connectivity index (χ1v) is 12.3. The molecule has 1 aliphatic rings. The summed E-state index contributed by atoms with van der Waals surface area (Å²) < 4.78 is 36.6. The fourth-order valence-electron chi connectivity index (χ4n) is 4.07. The zero-order valence-corrected chi connectivity index (χ0v) is 21.6. The van der Waals surface area contributed by atoms with E-state index in [4.69, 9.17) is 14.4 Å². The predicted molar refractivity (Wildman–Crippen MR) is 135 cm³/mol. The van der Waals surface area contributed by atoms with Gasteiger partial charge in [-0.05, 0) is 51.4 Å². The second kappa shape index (κ2) is 12.8. The zero-order valence-electron chi connectivity index (χ0n) is 20.7. The lowest BCUT2D eigenvalue weighted by atomic mass is 10.1. The lowest BCUT2D eigenvalue weighted by Crippen LogP contribution is -2.29. The molecule has 0 fully saturated rings. The Bertz CT molecular complexity index is 1160. The number of hydrogen-bond donors (Lipinski definition) is 0. The Balaban J connectivity index is 0.00000176. The van der Waals surface area contributed by atoms with E-state index >= 15 is 0 Å². The molecule has 0 saturated carbocycles. The summed E-state index contributed by atoms with van der Waals surface area (Å²) in [5.74, 6) is -2.30. The largest absolute Gasteiger partial charge is 0.399 e. The van der Waals surface area contributed by atoms with Gasteiger partial charge in [0.15, 0.2) is 5.82 Å². The van der Waals surface area contributed by atoms with E-state index in [1.54, 1.807) is 23.2 Å². The van der Waals surface area contributed by atoms with Gasteiger partial charge in [-0.25, -0.2) is 9.67 Å². The fraction of sp³-hybridized carbons (Fsp3) is 0.440. The van der Waals surface area contributed by atoms with Gasteiger partial charge in [-0.1, -0.05) is 5.16 Å². The third-order valence-electron chi connectivity index (χ3n) is 5.77. The van der Waals surface area contributed by atoms with Gasteiger partial charge in [0.05, 0.1) is 18.5 Å². The van der Waals surface area contributed by atoms with E-state index in [9.17, 15) is 8.78 Å². The molecule has 8 nitrogen and oxygen atoms in total. The number of ether oxygens (including phenoxy) is 1. The van der Waals surface area contributed by atoms with Crippen molar-refractivity contribution >= 4 is 24.3 Å². The van der Waals surface area contributed by atoms with Gasteiger partial charge < -0.3 is 14.4 Å². The standard InChI is InChI=1S/C24H29F2N5O2S.CH2O/c1-17-12-21-22(34-17)7-5-9-30(10-11-33-16-24(21,25)26)14-20-15-31(29-18(20)2)23-19(13-28-32-3)6-4-8-27-23;1-2/h4,6,8,12-13,15H,5,7,9-11,14,16H2,1-3H3;1H2/b28-13+;. The first kappa shape index (κ1) is 27.6. The van der Waals surface area contributed by atoms with Crippen molar-refractivity contribution in [2.24, 2.45) is 5.16 Å². The maximum absolute atomic E-state index is 14.7. The van der Waals surface area contributed by atoms with Crippen molar-refractivity contribution in [1.29, 1.82) is 0 Å². The molecule has 0 N–H and O–H groups in total. The maximum Gasteiger partial charge on any atom is 0.297 e. The Morgan fingerprint density at radius 3 is 2.92 bits per heavy atom. The van der Waals surface area contributed by atoms with Crippen molar-refractivity contribution in [1.82, 2.24) is 19.7 Å². The number of aromatic nitrogens is 3. The molecule has 4 heterocycles. The molecule has 36 heavy (non-hydrogen) atoms. The van der Waals surface area contributed by atoms with Crippen molar-refractivity contribution in [2.75, 3.05) is 33.4 Å². The number of alkyl halides is 2. The summed E-state index contributed by atoms with van der Waals surface area (Å²) in [6, 6.07) is 5.33. The smallest absolute Gasteiger partial charge is 0.297 e. The lowest BCUT2D eigenvalue weighted by Gasteiger charge is -2.22. The van der Waals surface area contributed by atoms with Crippen LogP contribution in [0.4, 0.5) is 8.78 Å². The van der Waals surface area contributed by atoms with Gasteiger partial charge in [-0.3, -0.25) is 4.90 Å². The maximum atomic E-state index is 14.7. The topological polar surface area (TPSA) is 81.8 Å². The van der Waals surface area contributed by atoms with Crippen molar-refractivity contribution in [2.45, 2.75) is 39.2 Å². The highest BCUT2D eigenvalue weighted by atomic mass is 32.1. The molecule has 11 heteroatoms. The Hall–Kier alpha value is -3.02. The van der Waals surface area contributed by atoms with Gasteiger partial charge >= 0.3 is 0 Å². The van der Waals surface area contributed by atoms with Crippen LogP contribution in [0.25, 0.3) is 5.82 Å². The number of halogens is 2. The SMILES string of the molecule is C=O.CO/N=C/c1cccnc1-n1cc(CN2CCCc3sc(C)cc3C(F)(F)COCC2)c(C)n1. The highest BCUT2D eigenvalue weighted by Crippen LogP contribution is 2.37. The van der Waals surface area contributed by atoms with Crippen molar-refractivity contribution in [3.05, 3.63) is 62.7 Å². The van der Waals surface area contributed by atoms with Crippen LogP contribution in [0.1, 0.15) is 38.6 Å². The Morgan fingerprint density at radius 1 is 1.33 bits per heavy atom. The number of nitrogens with zero attached hydrogens (tertiary/aromatic N) is 5. The number of carbonyl (C=O) groups excluding carboxylic acids is 1. The number of rotatable bonds is 5. The molecule has 0 spiro atoms. The summed E-state index contributed by atoms with van der Waals surface area (Å²) in [4.78, 5) is 21.2. The quantitative estimate of drug-likeness (QED) is 0.369. The van der Waals surface area contributed by atoms with Crippen LogP contribution in [-0.4, -0.2) is 66.1 Å². The molecule has 1 aliphatic heterocycles. The molecule has 0 bridgehead atoms. The molecule has 194 valence electrons. The fourth-order valence-corrected chi connectivity index (χ4v) is 5.20. The second-order valence-corrected chi connectivity index (χ2v) is 9.69. The minimum Gasteiger partial charge on any atom is -0.399 e. The molecule has 0 unspecified atom stereocenters. The molecule has 3 aromatic heterocycles. The third-order valence-corrected chi connectivity index (χ3v) is 6.88. The lowest BCUT2D eigenvalue weighted by molar-refractivity contribution is -0.0980. The molecule has 0 aromatic carbocycles. The molecule has 0 saturated heterocycles.